The van der Waals surface area contributed by atoms with Crippen LogP contribution in [-0.2, 0) is 0 Å². The fourth-order valence-electron chi connectivity index (χ4n) is 1.80. The Morgan fingerprint density at radius 2 is 1.54 bits per heavy atom. The maximum atomic E-state index is 12.6. The van der Waals surface area contributed by atoms with Gasteiger partial charge in [0.25, 0.3) is 0 Å². The average molecular weight is 384 g/mol. The first-order valence-corrected chi connectivity index (χ1v) is 7.23. The first kappa shape index (κ1) is 21.0. The van der Waals surface area contributed by atoms with Gasteiger partial charge in [-0.3, -0.25) is 0 Å². The second kappa shape index (κ2) is 10.1. The SMILES string of the molecule is Cl.NC(=NC(=NC(F)(F)F)NC=Cc1ccccc1)Nc1ccccc1. The molecule has 9 heteroatoms. The van der Waals surface area contributed by atoms with Crippen LogP contribution in [0.5, 0.6) is 0 Å². The zero-order valence-electron chi connectivity index (χ0n) is 13.4. The van der Waals surface area contributed by atoms with Crippen LogP contribution < -0.4 is 16.4 Å². The minimum Gasteiger partial charge on any atom is -0.369 e. The van der Waals surface area contributed by atoms with Crippen molar-refractivity contribution in [1.82, 2.24) is 5.32 Å². The van der Waals surface area contributed by atoms with Crippen LogP contribution in [0.15, 0.2) is 76.8 Å². The molecule has 5 nitrogen and oxygen atoms in total. The average Bonchev–Trinajstić information content (AvgIpc) is 2.55. The van der Waals surface area contributed by atoms with E-state index in [1.165, 1.54) is 6.20 Å². The zero-order chi connectivity index (χ0) is 18.1. The van der Waals surface area contributed by atoms with Crippen LogP contribution in [0.4, 0.5) is 18.9 Å². The van der Waals surface area contributed by atoms with Gasteiger partial charge in [0.1, 0.15) is 0 Å². The smallest absolute Gasteiger partial charge is 0.369 e. The van der Waals surface area contributed by atoms with Gasteiger partial charge >= 0.3 is 6.30 Å². The van der Waals surface area contributed by atoms with E-state index in [2.05, 4.69) is 20.6 Å². The molecule has 0 spiro atoms. The minimum absolute atomic E-state index is 0. The number of rotatable bonds is 3. The Morgan fingerprint density at radius 1 is 0.962 bits per heavy atom. The van der Waals surface area contributed by atoms with E-state index in [1.807, 2.05) is 18.2 Å². The lowest BCUT2D eigenvalue weighted by Crippen LogP contribution is -2.28. The van der Waals surface area contributed by atoms with Crippen LogP contribution >= 0.6 is 12.4 Å². The standard InChI is InChI=1S/C17H16F3N5.ClH/c18-17(19,20)25-16(22-12-11-13-7-3-1-4-8-13)24-15(21)23-14-9-5-2-6-10-14;/h1-12H,(H4,21,22,23,24,25);1H. The predicted octanol–water partition coefficient (Wildman–Crippen LogP) is 3.97. The summed E-state index contributed by atoms with van der Waals surface area (Å²) >= 11 is 0. The van der Waals surface area contributed by atoms with Gasteiger partial charge in [-0.15, -0.1) is 30.6 Å². The first-order valence-electron chi connectivity index (χ1n) is 7.23. The largest absolute Gasteiger partial charge is 0.506 e. The van der Waals surface area contributed by atoms with E-state index >= 15 is 0 Å². The van der Waals surface area contributed by atoms with Crippen molar-refractivity contribution in [2.24, 2.45) is 15.7 Å². The number of alkyl halides is 3. The molecule has 0 fully saturated rings. The van der Waals surface area contributed by atoms with Crippen molar-refractivity contribution in [3.05, 3.63) is 72.4 Å². The third-order valence-electron chi connectivity index (χ3n) is 2.79. The summed E-state index contributed by atoms with van der Waals surface area (Å²) in [4.78, 5) is 6.21. The lowest BCUT2D eigenvalue weighted by molar-refractivity contribution is -0.119. The topological polar surface area (TPSA) is 74.8 Å². The molecule has 26 heavy (non-hydrogen) atoms. The van der Waals surface area contributed by atoms with E-state index in [0.717, 1.165) is 5.56 Å². The molecule has 0 aliphatic carbocycles. The molecule has 0 aliphatic rings. The Bertz CT molecular complexity index is 759. The molecule has 0 saturated heterocycles. The summed E-state index contributed by atoms with van der Waals surface area (Å²) in [6.07, 6.45) is -1.89. The van der Waals surface area contributed by atoms with E-state index in [9.17, 15) is 13.2 Å². The highest BCUT2D eigenvalue weighted by molar-refractivity contribution is 6.01. The minimum atomic E-state index is -4.78. The van der Waals surface area contributed by atoms with E-state index in [1.54, 1.807) is 48.5 Å². The number of anilines is 1. The van der Waals surface area contributed by atoms with Crippen molar-refractivity contribution in [3.8, 4) is 0 Å². The Hall–Kier alpha value is -3.00. The van der Waals surface area contributed by atoms with Crippen molar-refractivity contribution in [3.63, 3.8) is 0 Å². The molecule has 0 amide bonds. The van der Waals surface area contributed by atoms with E-state index in [4.69, 9.17) is 5.73 Å². The molecule has 0 aliphatic heterocycles. The molecule has 0 heterocycles. The van der Waals surface area contributed by atoms with Gasteiger partial charge in [0.2, 0.25) is 11.9 Å². The summed E-state index contributed by atoms with van der Waals surface area (Å²) in [6, 6.07) is 17.8. The summed E-state index contributed by atoms with van der Waals surface area (Å²) in [5.41, 5.74) is 7.03. The van der Waals surface area contributed by atoms with Crippen LogP contribution in [0, 0.1) is 0 Å². The Kier molecular flexibility index (Phi) is 8.17. The van der Waals surface area contributed by atoms with E-state index in [-0.39, 0.29) is 18.4 Å². The molecule has 0 bridgehead atoms. The summed E-state index contributed by atoms with van der Waals surface area (Å²) in [6.45, 7) is 0. The molecule has 0 saturated carbocycles. The van der Waals surface area contributed by atoms with Crippen molar-refractivity contribution >= 4 is 36.1 Å². The molecular formula is C17H17ClF3N5. The van der Waals surface area contributed by atoms with Gasteiger partial charge in [-0.1, -0.05) is 48.5 Å². The Labute approximate surface area is 155 Å². The number of aliphatic imine (C=N–C) groups is 2. The number of hydrogen-bond donors (Lipinski definition) is 3. The molecule has 138 valence electrons. The van der Waals surface area contributed by atoms with Crippen LogP contribution in [0.1, 0.15) is 5.56 Å². The van der Waals surface area contributed by atoms with Crippen LogP contribution in [0.25, 0.3) is 6.08 Å². The predicted molar refractivity (Wildman–Crippen MR) is 101 cm³/mol. The van der Waals surface area contributed by atoms with Crippen LogP contribution in [0.3, 0.4) is 0 Å². The lowest BCUT2D eigenvalue weighted by Gasteiger charge is -2.07. The molecule has 2 aromatic carbocycles. The molecule has 0 atom stereocenters. The van der Waals surface area contributed by atoms with Gasteiger partial charge < -0.3 is 16.4 Å². The number of hydrogen-bond acceptors (Lipinski definition) is 1. The number of nitrogens with two attached hydrogens (primary N) is 1. The van der Waals surface area contributed by atoms with Gasteiger partial charge in [0.05, 0.1) is 0 Å². The third-order valence-corrected chi connectivity index (χ3v) is 2.79. The van der Waals surface area contributed by atoms with Crippen molar-refractivity contribution in [2.75, 3.05) is 5.32 Å². The fourth-order valence-corrected chi connectivity index (χ4v) is 1.80. The third kappa shape index (κ3) is 8.20. The summed E-state index contributed by atoms with van der Waals surface area (Å²) in [5.74, 6) is -0.907. The summed E-state index contributed by atoms with van der Waals surface area (Å²) < 4.78 is 37.7. The first-order chi connectivity index (χ1) is 11.9. The molecule has 0 radical (unpaired) electrons. The highest BCUT2D eigenvalue weighted by atomic mass is 35.5. The second-order valence-corrected chi connectivity index (χ2v) is 4.78. The number of guanidine groups is 2. The van der Waals surface area contributed by atoms with Crippen molar-refractivity contribution < 1.29 is 13.2 Å². The molecule has 2 aromatic rings. The van der Waals surface area contributed by atoms with Crippen molar-refractivity contribution in [2.45, 2.75) is 6.30 Å². The number of nitrogens with zero attached hydrogens (tertiary/aromatic N) is 2. The van der Waals surface area contributed by atoms with Crippen molar-refractivity contribution in [1.29, 1.82) is 0 Å². The Morgan fingerprint density at radius 3 is 2.12 bits per heavy atom. The summed E-state index contributed by atoms with van der Waals surface area (Å²) in [5, 5.41) is 5.07. The second-order valence-electron chi connectivity index (χ2n) is 4.78. The number of halogens is 4. The van der Waals surface area contributed by atoms with E-state index in [0.29, 0.717) is 5.69 Å². The zero-order valence-corrected chi connectivity index (χ0v) is 14.3. The monoisotopic (exact) mass is 383 g/mol. The van der Waals surface area contributed by atoms with Gasteiger partial charge in [-0.25, -0.2) is 0 Å². The van der Waals surface area contributed by atoms with Gasteiger partial charge in [0, 0.05) is 11.9 Å². The maximum Gasteiger partial charge on any atom is 0.506 e. The lowest BCUT2D eigenvalue weighted by atomic mass is 10.2. The molecule has 4 N–H and O–H groups in total. The van der Waals surface area contributed by atoms with Crippen LogP contribution in [-0.4, -0.2) is 18.2 Å². The van der Waals surface area contributed by atoms with Gasteiger partial charge in [0.15, 0.2) is 0 Å². The van der Waals surface area contributed by atoms with Gasteiger partial charge in [-0.05, 0) is 23.8 Å². The normalized spacial score (nSPS) is 12.6. The number of nitrogens with one attached hydrogen (secondary N) is 2. The van der Waals surface area contributed by atoms with E-state index < -0.39 is 12.3 Å². The summed E-state index contributed by atoms with van der Waals surface area (Å²) in [7, 11) is 0. The fraction of sp³-hybridized carbons (Fsp3) is 0.0588. The quantitative estimate of drug-likeness (QED) is 0.426. The molecular weight excluding hydrogens is 367 g/mol. The molecule has 0 aromatic heterocycles. The number of para-hydroxylation sites is 1. The number of benzene rings is 2. The van der Waals surface area contributed by atoms with Gasteiger partial charge in [-0.2, -0.15) is 4.99 Å². The maximum absolute atomic E-state index is 12.6. The molecule has 0 unspecified atom stereocenters. The Balaban J connectivity index is 0.00000338. The van der Waals surface area contributed by atoms with Crippen LogP contribution in [0.2, 0.25) is 0 Å². The highest BCUT2D eigenvalue weighted by Gasteiger charge is 2.27. The highest BCUT2D eigenvalue weighted by Crippen LogP contribution is 2.16. The molecule has 2 rings (SSSR count).